The summed E-state index contributed by atoms with van der Waals surface area (Å²) < 4.78 is 4.77. The third-order valence-corrected chi connectivity index (χ3v) is 3.72. The van der Waals surface area contributed by atoms with Gasteiger partial charge in [0.2, 0.25) is 0 Å². The SMILES string of the molecule is COC(=O)[C@@H]1C[C@H]2CCCC[C@H]2CN1. The van der Waals surface area contributed by atoms with Gasteiger partial charge in [-0.05, 0) is 31.2 Å². The molecular weight excluding hydrogens is 178 g/mol. The number of fused-ring (bicyclic) bond motifs is 1. The summed E-state index contributed by atoms with van der Waals surface area (Å²) in [6, 6.07) is -0.0423. The van der Waals surface area contributed by atoms with E-state index in [1.807, 2.05) is 0 Å². The molecule has 14 heavy (non-hydrogen) atoms. The Morgan fingerprint density at radius 2 is 2.00 bits per heavy atom. The average molecular weight is 197 g/mol. The molecule has 3 nitrogen and oxygen atoms in total. The van der Waals surface area contributed by atoms with Crippen LogP contribution >= 0.6 is 0 Å². The molecule has 3 heteroatoms. The molecule has 0 radical (unpaired) electrons. The van der Waals surface area contributed by atoms with Crippen LogP contribution in [0.25, 0.3) is 0 Å². The molecule has 0 aromatic rings. The van der Waals surface area contributed by atoms with Crippen molar-refractivity contribution in [3.8, 4) is 0 Å². The lowest BCUT2D eigenvalue weighted by atomic mass is 9.74. The number of esters is 1. The Balaban J connectivity index is 1.92. The first-order valence-electron chi connectivity index (χ1n) is 5.62. The van der Waals surface area contributed by atoms with E-state index >= 15 is 0 Å². The molecule has 0 amide bonds. The highest BCUT2D eigenvalue weighted by atomic mass is 16.5. The van der Waals surface area contributed by atoms with Crippen molar-refractivity contribution in [3.05, 3.63) is 0 Å². The Morgan fingerprint density at radius 3 is 2.71 bits per heavy atom. The molecule has 1 aliphatic carbocycles. The van der Waals surface area contributed by atoms with Gasteiger partial charge in [-0.3, -0.25) is 4.79 Å². The van der Waals surface area contributed by atoms with E-state index in [0.29, 0.717) is 0 Å². The lowest BCUT2D eigenvalue weighted by molar-refractivity contribution is -0.144. The summed E-state index contributed by atoms with van der Waals surface area (Å²) in [5.74, 6) is 1.48. The monoisotopic (exact) mass is 197 g/mol. The van der Waals surface area contributed by atoms with Gasteiger partial charge >= 0.3 is 5.97 Å². The summed E-state index contributed by atoms with van der Waals surface area (Å²) in [5.41, 5.74) is 0. The molecule has 0 aromatic carbocycles. The summed E-state index contributed by atoms with van der Waals surface area (Å²) in [5, 5.41) is 3.29. The zero-order valence-corrected chi connectivity index (χ0v) is 8.79. The summed E-state index contributed by atoms with van der Waals surface area (Å²) in [6.45, 7) is 1.00. The van der Waals surface area contributed by atoms with Crippen LogP contribution in [0.4, 0.5) is 0 Å². The molecule has 80 valence electrons. The molecule has 0 unspecified atom stereocenters. The minimum absolute atomic E-state index is 0.0423. The van der Waals surface area contributed by atoms with Gasteiger partial charge in [-0.1, -0.05) is 19.3 Å². The minimum atomic E-state index is -0.0889. The number of ether oxygens (including phenoxy) is 1. The zero-order valence-electron chi connectivity index (χ0n) is 8.79. The number of carbonyl (C=O) groups is 1. The van der Waals surface area contributed by atoms with Crippen molar-refractivity contribution in [2.45, 2.75) is 38.1 Å². The van der Waals surface area contributed by atoms with Crippen molar-refractivity contribution < 1.29 is 9.53 Å². The maximum absolute atomic E-state index is 11.4. The van der Waals surface area contributed by atoms with Crippen molar-refractivity contribution in [2.75, 3.05) is 13.7 Å². The first-order valence-corrected chi connectivity index (χ1v) is 5.62. The van der Waals surface area contributed by atoms with E-state index in [0.717, 1.165) is 24.8 Å². The topological polar surface area (TPSA) is 38.3 Å². The number of hydrogen-bond donors (Lipinski definition) is 1. The largest absolute Gasteiger partial charge is 0.468 e. The van der Waals surface area contributed by atoms with Crippen LogP contribution in [0.2, 0.25) is 0 Å². The average Bonchev–Trinajstić information content (AvgIpc) is 2.27. The van der Waals surface area contributed by atoms with Crippen molar-refractivity contribution in [2.24, 2.45) is 11.8 Å². The standard InChI is InChI=1S/C11H19NO2/c1-14-11(13)10-6-8-4-2-3-5-9(8)7-12-10/h8-10,12H,2-7H2,1H3/t8-,9+,10+/m1/s1. The van der Waals surface area contributed by atoms with Gasteiger partial charge in [-0.2, -0.15) is 0 Å². The third-order valence-electron chi connectivity index (χ3n) is 3.72. The van der Waals surface area contributed by atoms with Gasteiger partial charge in [-0.15, -0.1) is 0 Å². The van der Waals surface area contributed by atoms with E-state index in [9.17, 15) is 4.79 Å². The van der Waals surface area contributed by atoms with Crippen molar-refractivity contribution >= 4 is 5.97 Å². The van der Waals surface area contributed by atoms with Crippen molar-refractivity contribution in [1.29, 1.82) is 0 Å². The first kappa shape index (κ1) is 9.97. The van der Waals surface area contributed by atoms with Crippen LogP contribution in [0.3, 0.4) is 0 Å². The molecular formula is C11H19NO2. The van der Waals surface area contributed by atoms with Crippen LogP contribution in [0.5, 0.6) is 0 Å². The number of nitrogens with one attached hydrogen (secondary N) is 1. The summed E-state index contributed by atoms with van der Waals surface area (Å²) in [6.07, 6.45) is 6.34. The molecule has 1 aliphatic heterocycles. The Kier molecular flexibility index (Phi) is 3.06. The fraction of sp³-hybridized carbons (Fsp3) is 0.909. The molecule has 1 heterocycles. The molecule has 1 saturated carbocycles. The number of carbonyl (C=O) groups excluding carboxylic acids is 1. The van der Waals surface area contributed by atoms with Gasteiger partial charge in [-0.25, -0.2) is 0 Å². The van der Waals surface area contributed by atoms with Gasteiger partial charge in [0.1, 0.15) is 6.04 Å². The van der Waals surface area contributed by atoms with E-state index in [4.69, 9.17) is 4.74 Å². The maximum Gasteiger partial charge on any atom is 0.322 e. The second kappa shape index (κ2) is 4.30. The van der Waals surface area contributed by atoms with Crippen molar-refractivity contribution in [3.63, 3.8) is 0 Å². The normalized spacial score (nSPS) is 37.4. The predicted octanol–water partition coefficient (Wildman–Crippen LogP) is 1.33. The quantitative estimate of drug-likeness (QED) is 0.644. The van der Waals surface area contributed by atoms with Gasteiger partial charge in [0.05, 0.1) is 7.11 Å². The highest BCUT2D eigenvalue weighted by molar-refractivity contribution is 5.75. The van der Waals surface area contributed by atoms with E-state index in [1.54, 1.807) is 0 Å². The van der Waals surface area contributed by atoms with Crippen LogP contribution in [0.1, 0.15) is 32.1 Å². The number of piperidine rings is 1. The molecule has 1 saturated heterocycles. The van der Waals surface area contributed by atoms with Gasteiger partial charge in [0.25, 0.3) is 0 Å². The number of hydrogen-bond acceptors (Lipinski definition) is 3. The minimum Gasteiger partial charge on any atom is -0.468 e. The third kappa shape index (κ3) is 1.92. The summed E-state index contributed by atoms with van der Waals surface area (Å²) in [4.78, 5) is 11.4. The molecule has 0 bridgehead atoms. The highest BCUT2D eigenvalue weighted by Gasteiger charge is 2.34. The van der Waals surface area contributed by atoms with Crippen LogP contribution in [0, 0.1) is 11.8 Å². The second-order valence-electron chi connectivity index (χ2n) is 4.52. The van der Waals surface area contributed by atoms with E-state index < -0.39 is 0 Å². The Bertz CT molecular complexity index is 217. The lowest BCUT2D eigenvalue weighted by Gasteiger charge is -2.38. The molecule has 0 spiro atoms. The molecule has 2 rings (SSSR count). The van der Waals surface area contributed by atoms with Gasteiger partial charge in [0.15, 0.2) is 0 Å². The van der Waals surface area contributed by atoms with Gasteiger partial charge < -0.3 is 10.1 Å². The Labute approximate surface area is 85.2 Å². The van der Waals surface area contributed by atoms with Crippen LogP contribution in [-0.2, 0) is 9.53 Å². The van der Waals surface area contributed by atoms with E-state index in [-0.39, 0.29) is 12.0 Å². The van der Waals surface area contributed by atoms with Gasteiger partial charge in [0, 0.05) is 0 Å². The van der Waals surface area contributed by atoms with Crippen molar-refractivity contribution in [1.82, 2.24) is 5.32 Å². The van der Waals surface area contributed by atoms with Crippen LogP contribution in [-0.4, -0.2) is 25.7 Å². The number of methoxy groups -OCH3 is 1. The first-order chi connectivity index (χ1) is 6.81. The maximum atomic E-state index is 11.4. The summed E-state index contributed by atoms with van der Waals surface area (Å²) in [7, 11) is 1.47. The summed E-state index contributed by atoms with van der Waals surface area (Å²) >= 11 is 0. The fourth-order valence-corrected chi connectivity index (χ4v) is 2.87. The molecule has 1 N–H and O–H groups in total. The predicted molar refractivity (Wildman–Crippen MR) is 53.9 cm³/mol. The smallest absolute Gasteiger partial charge is 0.322 e. The zero-order chi connectivity index (χ0) is 9.97. The fourth-order valence-electron chi connectivity index (χ4n) is 2.87. The molecule has 2 aliphatic rings. The molecule has 3 atom stereocenters. The highest BCUT2D eigenvalue weighted by Crippen LogP contribution is 2.35. The van der Waals surface area contributed by atoms with E-state index in [1.165, 1.54) is 32.8 Å². The molecule has 0 aromatic heterocycles. The van der Waals surface area contributed by atoms with Crippen LogP contribution < -0.4 is 5.32 Å². The Morgan fingerprint density at radius 1 is 1.29 bits per heavy atom. The van der Waals surface area contributed by atoms with Crippen LogP contribution in [0.15, 0.2) is 0 Å². The Hall–Kier alpha value is -0.570. The second-order valence-corrected chi connectivity index (χ2v) is 4.52. The lowest BCUT2D eigenvalue weighted by Crippen LogP contribution is -2.49. The number of rotatable bonds is 1. The molecule has 2 fully saturated rings. The van der Waals surface area contributed by atoms with E-state index in [2.05, 4.69) is 5.32 Å².